The minimum absolute atomic E-state index is 0.127. The smallest absolute Gasteiger partial charge is 0.280 e. The number of pyridine rings is 1. The number of aliphatic hydroxyl groups is 1. The van der Waals surface area contributed by atoms with Gasteiger partial charge in [0.15, 0.2) is 5.01 Å². The van der Waals surface area contributed by atoms with Crippen LogP contribution in [-0.2, 0) is 12.8 Å². The summed E-state index contributed by atoms with van der Waals surface area (Å²) in [6.45, 7) is 9.60. The molecule has 1 unspecified atom stereocenters. The SMILES string of the molecule is CC(C)(C)C1CCc2nc3sc(C(=O)N[C@H](CCN4CCC(O)CC4)c4cccc(Br)c4)nc3cc2C1. The maximum absolute atomic E-state index is 13.4. The minimum Gasteiger partial charge on any atom is -0.393 e. The quantitative estimate of drug-likeness (QED) is 0.376. The van der Waals surface area contributed by atoms with Gasteiger partial charge in [0.05, 0.1) is 12.1 Å². The van der Waals surface area contributed by atoms with Gasteiger partial charge >= 0.3 is 0 Å². The summed E-state index contributed by atoms with van der Waals surface area (Å²) in [5.74, 6) is 0.488. The number of amides is 1. The second kappa shape index (κ2) is 11.1. The summed E-state index contributed by atoms with van der Waals surface area (Å²) < 4.78 is 0.994. The maximum Gasteiger partial charge on any atom is 0.280 e. The van der Waals surface area contributed by atoms with Crippen LogP contribution < -0.4 is 5.32 Å². The lowest BCUT2D eigenvalue weighted by Crippen LogP contribution is -2.38. The van der Waals surface area contributed by atoms with Gasteiger partial charge in [-0.1, -0.05) is 60.2 Å². The second-order valence-electron chi connectivity index (χ2n) is 11.7. The predicted molar refractivity (Wildman–Crippen MR) is 153 cm³/mol. The van der Waals surface area contributed by atoms with Crippen molar-refractivity contribution in [2.45, 2.75) is 71.4 Å². The minimum atomic E-state index is -0.186. The molecule has 2 aromatic heterocycles. The highest BCUT2D eigenvalue weighted by Gasteiger charge is 2.30. The van der Waals surface area contributed by atoms with Gasteiger partial charge in [0, 0.05) is 29.8 Å². The number of halogens is 1. The standard InChI is InChI=1S/C29H37BrN4O2S/c1-29(2,3)20-7-8-23-19(15-20)17-25-27(32-23)37-28(33-25)26(36)31-24(18-5-4-6-21(30)16-18)11-14-34-12-9-22(35)10-13-34/h4-6,16-17,20,22,24,35H,7-15H2,1-3H3,(H,31,36)/t20?,24-/m1/s1. The Balaban J connectivity index is 1.33. The molecule has 0 spiro atoms. The molecule has 2 aliphatic rings. The van der Waals surface area contributed by atoms with Crippen molar-refractivity contribution in [3.8, 4) is 0 Å². The lowest BCUT2D eigenvalue weighted by molar-refractivity contribution is 0.0795. The fraction of sp³-hybridized carbons (Fsp3) is 0.552. The number of nitrogens with one attached hydrogen (secondary N) is 1. The highest BCUT2D eigenvalue weighted by molar-refractivity contribution is 9.10. The largest absolute Gasteiger partial charge is 0.393 e. The number of nitrogens with zero attached hydrogens (tertiary/aromatic N) is 3. The van der Waals surface area contributed by atoms with Crippen molar-refractivity contribution >= 4 is 43.5 Å². The molecule has 0 bridgehead atoms. The van der Waals surface area contributed by atoms with Crippen LogP contribution in [0.4, 0.5) is 0 Å². The Morgan fingerprint density at radius 2 is 2.00 bits per heavy atom. The number of aromatic nitrogens is 2. The van der Waals surface area contributed by atoms with E-state index in [4.69, 9.17) is 9.97 Å². The molecular formula is C29H37BrN4O2S. The van der Waals surface area contributed by atoms with Crippen LogP contribution in [0.5, 0.6) is 0 Å². The molecule has 1 aromatic carbocycles. The van der Waals surface area contributed by atoms with E-state index < -0.39 is 0 Å². The van der Waals surface area contributed by atoms with Crippen LogP contribution in [0, 0.1) is 11.3 Å². The van der Waals surface area contributed by atoms with Gasteiger partial charge in [-0.3, -0.25) is 4.79 Å². The summed E-state index contributed by atoms with van der Waals surface area (Å²) in [7, 11) is 0. The molecule has 198 valence electrons. The van der Waals surface area contributed by atoms with E-state index in [-0.39, 0.29) is 23.5 Å². The van der Waals surface area contributed by atoms with E-state index >= 15 is 0 Å². The van der Waals surface area contributed by atoms with Crippen molar-refractivity contribution in [1.82, 2.24) is 20.2 Å². The molecule has 1 amide bonds. The average Bonchev–Trinajstić information content (AvgIpc) is 3.28. The number of aryl methyl sites for hydroxylation is 1. The van der Waals surface area contributed by atoms with Gasteiger partial charge in [0.2, 0.25) is 0 Å². The lowest BCUT2D eigenvalue weighted by Gasteiger charge is -2.34. The van der Waals surface area contributed by atoms with Crippen molar-refractivity contribution < 1.29 is 9.90 Å². The Kier molecular flexibility index (Phi) is 8.01. The number of fused-ring (bicyclic) bond motifs is 2. The van der Waals surface area contributed by atoms with Crippen molar-refractivity contribution in [3.63, 3.8) is 0 Å². The first-order chi connectivity index (χ1) is 17.7. The highest BCUT2D eigenvalue weighted by atomic mass is 79.9. The molecule has 1 saturated heterocycles. The first-order valence-electron chi connectivity index (χ1n) is 13.4. The topological polar surface area (TPSA) is 78.4 Å². The van der Waals surface area contributed by atoms with Crippen LogP contribution >= 0.6 is 27.3 Å². The van der Waals surface area contributed by atoms with E-state index in [1.807, 2.05) is 12.1 Å². The van der Waals surface area contributed by atoms with E-state index in [0.717, 1.165) is 78.5 Å². The summed E-state index contributed by atoms with van der Waals surface area (Å²) in [6.07, 6.45) is 5.41. The van der Waals surface area contributed by atoms with Crippen LogP contribution in [0.25, 0.3) is 10.3 Å². The van der Waals surface area contributed by atoms with Gasteiger partial charge in [-0.15, -0.1) is 0 Å². The van der Waals surface area contributed by atoms with Crippen LogP contribution in [-0.4, -0.2) is 51.6 Å². The third-order valence-electron chi connectivity index (χ3n) is 8.01. The lowest BCUT2D eigenvalue weighted by atomic mass is 9.71. The molecule has 5 rings (SSSR count). The van der Waals surface area contributed by atoms with Gasteiger partial charge in [0.25, 0.3) is 5.91 Å². The van der Waals surface area contributed by atoms with Crippen molar-refractivity contribution in [2.75, 3.05) is 19.6 Å². The Morgan fingerprint density at radius 3 is 2.73 bits per heavy atom. The molecule has 3 aromatic rings. The van der Waals surface area contributed by atoms with Crippen LogP contribution in [0.1, 0.15) is 79.1 Å². The van der Waals surface area contributed by atoms with Crippen molar-refractivity contribution in [1.29, 1.82) is 0 Å². The monoisotopic (exact) mass is 584 g/mol. The highest BCUT2D eigenvalue weighted by Crippen LogP contribution is 2.38. The van der Waals surface area contributed by atoms with Crippen molar-refractivity contribution in [3.05, 3.63) is 56.6 Å². The third-order valence-corrected chi connectivity index (χ3v) is 9.47. The average molecular weight is 586 g/mol. The first kappa shape index (κ1) is 26.7. The zero-order chi connectivity index (χ0) is 26.2. The van der Waals surface area contributed by atoms with Crippen LogP contribution in [0.15, 0.2) is 34.8 Å². The summed E-state index contributed by atoms with van der Waals surface area (Å²) in [5, 5.41) is 13.6. The molecule has 2 atom stereocenters. The molecule has 8 heteroatoms. The van der Waals surface area contributed by atoms with Crippen LogP contribution in [0.2, 0.25) is 0 Å². The number of rotatable bonds is 6. The van der Waals surface area contributed by atoms with Crippen LogP contribution in [0.3, 0.4) is 0 Å². The van der Waals surface area contributed by atoms with Crippen molar-refractivity contribution in [2.24, 2.45) is 11.3 Å². The fourth-order valence-electron chi connectivity index (χ4n) is 5.57. The van der Waals surface area contributed by atoms with E-state index in [1.165, 1.54) is 22.6 Å². The van der Waals surface area contributed by atoms with Gasteiger partial charge in [-0.25, -0.2) is 9.97 Å². The Hall–Kier alpha value is -1.87. The molecule has 2 N–H and O–H groups in total. The zero-order valence-electron chi connectivity index (χ0n) is 22.0. The second-order valence-corrected chi connectivity index (χ2v) is 13.6. The van der Waals surface area contributed by atoms with Gasteiger partial charge in [0.1, 0.15) is 10.3 Å². The Bertz CT molecular complexity index is 1260. The maximum atomic E-state index is 13.4. The molecule has 0 saturated carbocycles. The summed E-state index contributed by atoms with van der Waals surface area (Å²) in [6, 6.07) is 10.2. The van der Waals surface area contributed by atoms with E-state index in [1.54, 1.807) is 0 Å². The number of piperidine rings is 1. The fourth-order valence-corrected chi connectivity index (χ4v) is 6.83. The van der Waals surface area contributed by atoms with E-state index in [9.17, 15) is 9.90 Å². The number of carbonyl (C=O) groups is 1. The molecule has 3 heterocycles. The number of carbonyl (C=O) groups excluding carboxylic acids is 1. The number of benzene rings is 1. The van der Waals surface area contributed by atoms with Gasteiger partial charge in [-0.05, 0) is 79.2 Å². The molecule has 1 aliphatic carbocycles. The predicted octanol–water partition coefficient (Wildman–Crippen LogP) is 5.92. The Labute approximate surface area is 232 Å². The van der Waals surface area contributed by atoms with E-state index in [0.29, 0.717) is 10.9 Å². The van der Waals surface area contributed by atoms with Gasteiger partial charge < -0.3 is 15.3 Å². The molecule has 1 aliphatic heterocycles. The number of aliphatic hydroxyl groups excluding tert-OH is 1. The number of hydrogen-bond donors (Lipinski definition) is 2. The summed E-state index contributed by atoms with van der Waals surface area (Å²) >= 11 is 4.97. The molecule has 0 radical (unpaired) electrons. The zero-order valence-corrected chi connectivity index (χ0v) is 24.4. The molecular weight excluding hydrogens is 548 g/mol. The first-order valence-corrected chi connectivity index (χ1v) is 15.0. The third kappa shape index (κ3) is 6.41. The molecule has 37 heavy (non-hydrogen) atoms. The summed E-state index contributed by atoms with van der Waals surface area (Å²) in [4.78, 5) is 26.3. The number of thiazole rings is 1. The molecule has 6 nitrogen and oxygen atoms in total. The normalized spacial score (nSPS) is 20.1. The molecule has 1 fully saturated rings. The summed E-state index contributed by atoms with van der Waals surface area (Å²) in [5.41, 5.74) is 4.63. The van der Waals surface area contributed by atoms with E-state index in [2.05, 4.69) is 65.1 Å². The van der Waals surface area contributed by atoms with Gasteiger partial charge in [-0.2, -0.15) is 0 Å². The Morgan fingerprint density at radius 1 is 1.22 bits per heavy atom. The number of hydrogen-bond acceptors (Lipinski definition) is 6. The number of likely N-dealkylation sites (tertiary alicyclic amines) is 1.